The van der Waals surface area contributed by atoms with Crippen molar-refractivity contribution in [3.8, 4) is 5.75 Å². The number of hydrogen-bond donors (Lipinski definition) is 1. The normalized spacial score (nSPS) is 22.4. The minimum absolute atomic E-state index is 0.0539. The summed E-state index contributed by atoms with van der Waals surface area (Å²) in [5.41, 5.74) is 8.62. The second kappa shape index (κ2) is 4.10. The summed E-state index contributed by atoms with van der Waals surface area (Å²) in [4.78, 5) is 0. The molecule has 1 aromatic rings. The van der Waals surface area contributed by atoms with Crippen LogP contribution in [0.5, 0.6) is 5.75 Å². The lowest BCUT2D eigenvalue weighted by molar-refractivity contribution is 0.0282. The molecule has 1 aliphatic heterocycles. The zero-order chi connectivity index (χ0) is 11.8. The molecule has 0 bridgehead atoms. The standard InChI is InChI=1S/C14H21NO/c1-4-14(5-2)9-12(15)11-8-10(3)6-7-13(11)16-14/h6-8,12H,4-5,9,15H2,1-3H3/t12-/m1/s1. The number of nitrogens with two attached hydrogens (primary N) is 1. The lowest BCUT2D eigenvalue weighted by Gasteiger charge is -2.40. The van der Waals surface area contributed by atoms with Crippen LogP contribution in [0, 0.1) is 6.92 Å². The Balaban J connectivity index is 2.40. The van der Waals surface area contributed by atoms with Gasteiger partial charge in [-0.25, -0.2) is 0 Å². The van der Waals surface area contributed by atoms with Crippen molar-refractivity contribution in [1.82, 2.24) is 0 Å². The Morgan fingerprint density at radius 3 is 2.69 bits per heavy atom. The van der Waals surface area contributed by atoms with Crippen molar-refractivity contribution in [2.75, 3.05) is 0 Å². The van der Waals surface area contributed by atoms with Crippen molar-refractivity contribution in [3.63, 3.8) is 0 Å². The van der Waals surface area contributed by atoms with E-state index in [2.05, 4.69) is 39.0 Å². The summed E-state index contributed by atoms with van der Waals surface area (Å²) in [6.45, 7) is 6.44. The first kappa shape index (κ1) is 11.5. The molecule has 1 atom stereocenters. The third-order valence-corrected chi connectivity index (χ3v) is 3.77. The fraction of sp³-hybridized carbons (Fsp3) is 0.571. The van der Waals surface area contributed by atoms with Crippen molar-refractivity contribution < 1.29 is 4.74 Å². The molecule has 0 saturated heterocycles. The molecule has 1 heterocycles. The van der Waals surface area contributed by atoms with Crippen LogP contribution in [-0.4, -0.2) is 5.60 Å². The predicted octanol–water partition coefficient (Wildman–Crippen LogP) is 3.34. The van der Waals surface area contributed by atoms with E-state index in [1.165, 1.54) is 5.56 Å². The number of ether oxygens (including phenoxy) is 1. The number of benzene rings is 1. The third-order valence-electron chi connectivity index (χ3n) is 3.77. The molecule has 16 heavy (non-hydrogen) atoms. The lowest BCUT2D eigenvalue weighted by Crippen LogP contribution is -2.41. The highest BCUT2D eigenvalue weighted by molar-refractivity contribution is 5.41. The van der Waals surface area contributed by atoms with Crippen LogP contribution in [0.4, 0.5) is 0 Å². The van der Waals surface area contributed by atoms with Gasteiger partial charge in [0.15, 0.2) is 0 Å². The molecule has 2 heteroatoms. The number of hydrogen-bond acceptors (Lipinski definition) is 2. The first-order valence-corrected chi connectivity index (χ1v) is 6.15. The smallest absolute Gasteiger partial charge is 0.124 e. The Morgan fingerprint density at radius 2 is 2.06 bits per heavy atom. The molecule has 0 spiro atoms. The summed E-state index contributed by atoms with van der Waals surface area (Å²) >= 11 is 0. The summed E-state index contributed by atoms with van der Waals surface area (Å²) in [5, 5.41) is 0. The Labute approximate surface area is 97.8 Å². The van der Waals surface area contributed by atoms with E-state index in [4.69, 9.17) is 10.5 Å². The minimum atomic E-state index is -0.0539. The van der Waals surface area contributed by atoms with E-state index in [1.807, 2.05) is 0 Å². The molecule has 0 saturated carbocycles. The Bertz CT molecular complexity index is 382. The quantitative estimate of drug-likeness (QED) is 0.828. The van der Waals surface area contributed by atoms with Crippen LogP contribution in [0.3, 0.4) is 0 Å². The van der Waals surface area contributed by atoms with Gasteiger partial charge in [-0.3, -0.25) is 0 Å². The molecular weight excluding hydrogens is 198 g/mol. The molecule has 0 fully saturated rings. The van der Waals surface area contributed by atoms with Crippen LogP contribution in [-0.2, 0) is 0 Å². The average Bonchev–Trinajstić information content (AvgIpc) is 2.30. The lowest BCUT2D eigenvalue weighted by atomic mass is 9.83. The molecule has 0 aromatic heterocycles. The summed E-state index contributed by atoms with van der Waals surface area (Å²) in [7, 11) is 0. The van der Waals surface area contributed by atoms with E-state index in [-0.39, 0.29) is 11.6 Å². The van der Waals surface area contributed by atoms with Gasteiger partial charge in [-0.05, 0) is 25.8 Å². The Kier molecular flexibility index (Phi) is 2.94. The molecule has 2 N–H and O–H groups in total. The molecule has 2 nitrogen and oxygen atoms in total. The van der Waals surface area contributed by atoms with Gasteiger partial charge in [-0.2, -0.15) is 0 Å². The van der Waals surface area contributed by atoms with E-state index in [9.17, 15) is 0 Å². The van der Waals surface area contributed by atoms with Crippen molar-refractivity contribution in [3.05, 3.63) is 29.3 Å². The van der Waals surface area contributed by atoms with Crippen LogP contribution < -0.4 is 10.5 Å². The second-order valence-electron chi connectivity index (χ2n) is 4.84. The van der Waals surface area contributed by atoms with Crippen LogP contribution >= 0.6 is 0 Å². The summed E-state index contributed by atoms with van der Waals surface area (Å²) in [6, 6.07) is 6.41. The molecule has 0 unspecified atom stereocenters. The fourth-order valence-electron chi connectivity index (χ4n) is 2.52. The van der Waals surface area contributed by atoms with Gasteiger partial charge in [0.05, 0.1) is 0 Å². The number of fused-ring (bicyclic) bond motifs is 1. The summed E-state index contributed by atoms with van der Waals surface area (Å²) in [6.07, 6.45) is 2.96. The maximum absolute atomic E-state index is 6.26. The van der Waals surface area contributed by atoms with E-state index in [0.29, 0.717) is 0 Å². The van der Waals surface area contributed by atoms with Crippen LogP contribution in [0.25, 0.3) is 0 Å². The van der Waals surface area contributed by atoms with Crippen LogP contribution in [0.2, 0.25) is 0 Å². The molecule has 0 radical (unpaired) electrons. The van der Waals surface area contributed by atoms with E-state index in [0.717, 1.165) is 30.6 Å². The SMILES string of the molecule is CCC1(CC)C[C@@H](N)c2cc(C)ccc2O1. The largest absolute Gasteiger partial charge is 0.487 e. The highest BCUT2D eigenvalue weighted by atomic mass is 16.5. The highest BCUT2D eigenvalue weighted by Crippen LogP contribution is 2.41. The zero-order valence-corrected chi connectivity index (χ0v) is 10.4. The van der Waals surface area contributed by atoms with Crippen molar-refractivity contribution in [1.29, 1.82) is 0 Å². The van der Waals surface area contributed by atoms with Gasteiger partial charge in [0.25, 0.3) is 0 Å². The molecule has 1 aliphatic rings. The van der Waals surface area contributed by atoms with Gasteiger partial charge in [-0.1, -0.05) is 31.5 Å². The van der Waals surface area contributed by atoms with Crippen LogP contribution in [0.15, 0.2) is 18.2 Å². The molecule has 1 aromatic carbocycles. The third kappa shape index (κ3) is 1.82. The number of rotatable bonds is 2. The fourth-order valence-corrected chi connectivity index (χ4v) is 2.52. The van der Waals surface area contributed by atoms with Gasteiger partial charge < -0.3 is 10.5 Å². The van der Waals surface area contributed by atoms with E-state index < -0.39 is 0 Å². The van der Waals surface area contributed by atoms with E-state index in [1.54, 1.807) is 0 Å². The summed E-state index contributed by atoms with van der Waals surface area (Å²) < 4.78 is 6.16. The molecule has 0 aliphatic carbocycles. The van der Waals surface area contributed by atoms with Crippen LogP contribution in [0.1, 0.15) is 50.3 Å². The Morgan fingerprint density at radius 1 is 1.38 bits per heavy atom. The van der Waals surface area contributed by atoms with Gasteiger partial charge >= 0.3 is 0 Å². The number of aryl methyl sites for hydroxylation is 1. The summed E-state index contributed by atoms with van der Waals surface area (Å²) in [5.74, 6) is 0.980. The highest BCUT2D eigenvalue weighted by Gasteiger charge is 2.36. The molecule has 88 valence electrons. The Hall–Kier alpha value is -1.02. The van der Waals surface area contributed by atoms with E-state index >= 15 is 0 Å². The van der Waals surface area contributed by atoms with Gasteiger partial charge in [0.1, 0.15) is 11.4 Å². The van der Waals surface area contributed by atoms with Crippen molar-refractivity contribution in [2.24, 2.45) is 5.73 Å². The van der Waals surface area contributed by atoms with Crippen molar-refractivity contribution in [2.45, 2.75) is 51.7 Å². The van der Waals surface area contributed by atoms with Crippen molar-refractivity contribution >= 4 is 0 Å². The van der Waals surface area contributed by atoms with Gasteiger partial charge in [0.2, 0.25) is 0 Å². The van der Waals surface area contributed by atoms with Gasteiger partial charge in [0, 0.05) is 18.0 Å². The first-order valence-electron chi connectivity index (χ1n) is 6.15. The zero-order valence-electron chi connectivity index (χ0n) is 10.4. The monoisotopic (exact) mass is 219 g/mol. The van der Waals surface area contributed by atoms with Gasteiger partial charge in [-0.15, -0.1) is 0 Å². The topological polar surface area (TPSA) is 35.2 Å². The minimum Gasteiger partial charge on any atom is -0.487 e. The average molecular weight is 219 g/mol. The molecular formula is C14H21NO. The first-order chi connectivity index (χ1) is 7.60. The maximum atomic E-state index is 6.26. The molecule has 0 amide bonds. The molecule has 2 rings (SSSR count). The second-order valence-corrected chi connectivity index (χ2v) is 4.84. The maximum Gasteiger partial charge on any atom is 0.124 e. The predicted molar refractivity (Wildman–Crippen MR) is 66.7 cm³/mol.